The van der Waals surface area contributed by atoms with Crippen LogP contribution in [-0.2, 0) is 4.74 Å². The summed E-state index contributed by atoms with van der Waals surface area (Å²) in [5.41, 5.74) is 0.195. The molecule has 1 heterocycles. The van der Waals surface area contributed by atoms with Crippen LogP contribution in [0, 0.1) is 5.41 Å². The van der Waals surface area contributed by atoms with E-state index in [1.54, 1.807) is 0 Å². The van der Waals surface area contributed by atoms with Gasteiger partial charge in [-0.2, -0.15) is 13.2 Å². The molecule has 0 bridgehead atoms. The van der Waals surface area contributed by atoms with Crippen LogP contribution in [0.25, 0.3) is 0 Å². The molecule has 15 heavy (non-hydrogen) atoms. The molecule has 90 valence electrons. The first kappa shape index (κ1) is 12.8. The number of hydrogen-bond donors (Lipinski definition) is 1. The van der Waals surface area contributed by atoms with Gasteiger partial charge in [0.1, 0.15) is 6.61 Å². The van der Waals surface area contributed by atoms with Gasteiger partial charge in [-0.05, 0) is 18.3 Å². The van der Waals surface area contributed by atoms with E-state index in [4.69, 9.17) is 0 Å². The van der Waals surface area contributed by atoms with Crippen molar-refractivity contribution in [3.05, 3.63) is 0 Å². The van der Waals surface area contributed by atoms with Crippen LogP contribution in [0.5, 0.6) is 0 Å². The molecule has 0 saturated carbocycles. The molecule has 0 aromatic heterocycles. The Labute approximate surface area is 88.2 Å². The van der Waals surface area contributed by atoms with E-state index in [1.807, 2.05) is 0 Å². The number of hydrogen-bond acceptors (Lipinski definition) is 2. The third kappa shape index (κ3) is 4.38. The zero-order chi connectivity index (χ0) is 11.4. The highest BCUT2D eigenvalue weighted by molar-refractivity contribution is 4.91. The Bertz CT molecular complexity index is 190. The first-order chi connectivity index (χ1) is 6.97. The summed E-state index contributed by atoms with van der Waals surface area (Å²) in [6, 6.07) is 0. The zero-order valence-electron chi connectivity index (χ0n) is 8.99. The van der Waals surface area contributed by atoms with Crippen molar-refractivity contribution in [1.29, 1.82) is 0 Å². The van der Waals surface area contributed by atoms with Gasteiger partial charge in [-0.3, -0.25) is 0 Å². The average Bonchev–Trinajstić information content (AvgIpc) is 2.06. The van der Waals surface area contributed by atoms with Crippen molar-refractivity contribution in [3.63, 3.8) is 0 Å². The van der Waals surface area contributed by atoms with E-state index in [-0.39, 0.29) is 12.0 Å². The first-order valence-electron chi connectivity index (χ1n) is 5.33. The van der Waals surface area contributed by atoms with Gasteiger partial charge < -0.3 is 10.1 Å². The molecule has 0 spiro atoms. The standard InChI is InChI=1S/C10H18F3NO/c1-2-3-9(6-14-7-9)4-5-15-8-10(11,12)13/h14H,2-8H2,1H3. The summed E-state index contributed by atoms with van der Waals surface area (Å²) in [7, 11) is 0. The Morgan fingerprint density at radius 1 is 1.27 bits per heavy atom. The van der Waals surface area contributed by atoms with Crippen molar-refractivity contribution >= 4 is 0 Å². The third-order valence-corrected chi connectivity index (χ3v) is 2.82. The van der Waals surface area contributed by atoms with E-state index >= 15 is 0 Å². The number of rotatable bonds is 6. The quantitative estimate of drug-likeness (QED) is 0.700. The lowest BCUT2D eigenvalue weighted by Gasteiger charge is -2.43. The summed E-state index contributed by atoms with van der Waals surface area (Å²) in [5, 5.41) is 3.17. The molecule has 0 aromatic rings. The van der Waals surface area contributed by atoms with Crippen LogP contribution >= 0.6 is 0 Å². The van der Waals surface area contributed by atoms with Gasteiger partial charge in [0.2, 0.25) is 0 Å². The normalized spacial score (nSPS) is 20.0. The van der Waals surface area contributed by atoms with Crippen LogP contribution in [0.2, 0.25) is 0 Å². The molecule has 1 rings (SSSR count). The fourth-order valence-electron chi connectivity index (χ4n) is 1.96. The van der Waals surface area contributed by atoms with Crippen molar-refractivity contribution in [1.82, 2.24) is 5.32 Å². The van der Waals surface area contributed by atoms with Gasteiger partial charge >= 0.3 is 6.18 Å². The largest absolute Gasteiger partial charge is 0.411 e. The van der Waals surface area contributed by atoms with Gasteiger partial charge in [-0.25, -0.2) is 0 Å². The molecule has 5 heteroatoms. The molecule has 1 aliphatic rings. The monoisotopic (exact) mass is 225 g/mol. The van der Waals surface area contributed by atoms with Crippen LogP contribution in [0.4, 0.5) is 13.2 Å². The maximum Gasteiger partial charge on any atom is 0.411 e. The van der Waals surface area contributed by atoms with Crippen molar-refractivity contribution < 1.29 is 17.9 Å². The summed E-state index contributed by atoms with van der Waals surface area (Å²) in [6.45, 7) is 3.01. The highest BCUT2D eigenvalue weighted by Crippen LogP contribution is 2.32. The maximum atomic E-state index is 11.8. The predicted octanol–water partition coefficient (Wildman–Crippen LogP) is 2.35. The minimum Gasteiger partial charge on any atom is -0.372 e. The van der Waals surface area contributed by atoms with Gasteiger partial charge in [0.15, 0.2) is 0 Å². The van der Waals surface area contributed by atoms with Gasteiger partial charge in [0, 0.05) is 19.7 Å². The Balaban J connectivity index is 2.13. The van der Waals surface area contributed by atoms with Gasteiger partial charge in [-0.1, -0.05) is 13.3 Å². The molecular weight excluding hydrogens is 207 g/mol. The summed E-state index contributed by atoms with van der Waals surface area (Å²) in [5.74, 6) is 0. The Morgan fingerprint density at radius 2 is 1.93 bits per heavy atom. The molecule has 1 fully saturated rings. The number of ether oxygens (including phenoxy) is 1. The fourth-order valence-corrected chi connectivity index (χ4v) is 1.96. The lowest BCUT2D eigenvalue weighted by atomic mass is 9.75. The van der Waals surface area contributed by atoms with Gasteiger partial charge in [0.25, 0.3) is 0 Å². The molecular formula is C10H18F3NO. The Morgan fingerprint density at radius 3 is 2.33 bits per heavy atom. The topological polar surface area (TPSA) is 21.3 Å². The molecule has 0 radical (unpaired) electrons. The molecule has 1 saturated heterocycles. The number of alkyl halides is 3. The molecule has 1 aliphatic heterocycles. The molecule has 0 aromatic carbocycles. The van der Waals surface area contributed by atoms with E-state index < -0.39 is 12.8 Å². The fraction of sp³-hybridized carbons (Fsp3) is 1.00. The van der Waals surface area contributed by atoms with Crippen LogP contribution in [0.15, 0.2) is 0 Å². The number of halogens is 3. The molecule has 0 unspecified atom stereocenters. The second-order valence-electron chi connectivity index (χ2n) is 4.27. The van der Waals surface area contributed by atoms with Crippen molar-refractivity contribution in [2.75, 3.05) is 26.3 Å². The summed E-state index contributed by atoms with van der Waals surface area (Å²) >= 11 is 0. The first-order valence-corrected chi connectivity index (χ1v) is 5.33. The van der Waals surface area contributed by atoms with E-state index in [0.717, 1.165) is 32.4 Å². The zero-order valence-corrected chi connectivity index (χ0v) is 8.99. The van der Waals surface area contributed by atoms with Crippen LogP contribution < -0.4 is 5.32 Å². The highest BCUT2D eigenvalue weighted by Gasteiger charge is 2.35. The lowest BCUT2D eigenvalue weighted by molar-refractivity contribution is -0.176. The summed E-state index contributed by atoms with van der Waals surface area (Å²) in [4.78, 5) is 0. The highest BCUT2D eigenvalue weighted by atomic mass is 19.4. The van der Waals surface area contributed by atoms with Crippen LogP contribution in [0.1, 0.15) is 26.2 Å². The van der Waals surface area contributed by atoms with Crippen molar-refractivity contribution in [2.24, 2.45) is 5.41 Å². The van der Waals surface area contributed by atoms with E-state index in [0.29, 0.717) is 0 Å². The molecule has 0 aliphatic carbocycles. The summed E-state index contributed by atoms with van der Waals surface area (Å²) < 4.78 is 40.0. The predicted molar refractivity (Wildman–Crippen MR) is 51.7 cm³/mol. The van der Waals surface area contributed by atoms with Crippen LogP contribution in [0.3, 0.4) is 0 Å². The minimum atomic E-state index is -4.20. The molecule has 0 atom stereocenters. The molecule has 2 nitrogen and oxygen atoms in total. The second-order valence-corrected chi connectivity index (χ2v) is 4.27. The van der Waals surface area contributed by atoms with E-state index in [9.17, 15) is 13.2 Å². The lowest BCUT2D eigenvalue weighted by Crippen LogP contribution is -2.53. The van der Waals surface area contributed by atoms with E-state index in [1.165, 1.54) is 0 Å². The van der Waals surface area contributed by atoms with Gasteiger partial charge in [0.05, 0.1) is 0 Å². The Kier molecular flexibility index (Phi) is 4.40. The van der Waals surface area contributed by atoms with Crippen LogP contribution in [-0.4, -0.2) is 32.5 Å². The van der Waals surface area contributed by atoms with Crippen molar-refractivity contribution in [3.8, 4) is 0 Å². The minimum absolute atomic E-state index is 0.195. The maximum absolute atomic E-state index is 11.8. The number of nitrogens with one attached hydrogen (secondary N) is 1. The molecule has 1 N–H and O–H groups in total. The average molecular weight is 225 g/mol. The van der Waals surface area contributed by atoms with Crippen molar-refractivity contribution in [2.45, 2.75) is 32.4 Å². The second kappa shape index (κ2) is 5.16. The SMILES string of the molecule is CCCC1(CCOCC(F)(F)F)CNC1. The summed E-state index contributed by atoms with van der Waals surface area (Å²) in [6.07, 6.45) is -1.34. The third-order valence-electron chi connectivity index (χ3n) is 2.82. The van der Waals surface area contributed by atoms with Gasteiger partial charge in [-0.15, -0.1) is 0 Å². The molecule has 0 amide bonds. The Hall–Kier alpha value is -0.290. The smallest absolute Gasteiger partial charge is 0.372 e. The van der Waals surface area contributed by atoms with E-state index in [2.05, 4.69) is 17.0 Å².